The third kappa shape index (κ3) is 63.3. The molecular formula is C72H137NO5. The van der Waals surface area contributed by atoms with Gasteiger partial charge in [0.05, 0.1) is 25.4 Å². The predicted octanol–water partition coefficient (Wildman–Crippen LogP) is 22.7. The third-order valence-electron chi connectivity index (χ3n) is 16.4. The number of aliphatic hydroxyl groups is 2. The van der Waals surface area contributed by atoms with E-state index in [0.717, 1.165) is 44.9 Å². The average molecular weight is 1100 g/mol. The molecule has 1 amide bonds. The lowest BCUT2D eigenvalue weighted by Gasteiger charge is -2.20. The van der Waals surface area contributed by atoms with Gasteiger partial charge in [0.1, 0.15) is 0 Å². The summed E-state index contributed by atoms with van der Waals surface area (Å²) in [6.45, 7) is 4.93. The highest BCUT2D eigenvalue weighted by Crippen LogP contribution is 2.18. The molecule has 6 nitrogen and oxygen atoms in total. The fourth-order valence-corrected chi connectivity index (χ4v) is 11.0. The number of carbonyl (C=O) groups is 2. The minimum absolute atomic E-state index is 0.0172. The van der Waals surface area contributed by atoms with Crippen LogP contribution in [0.3, 0.4) is 0 Å². The van der Waals surface area contributed by atoms with E-state index in [0.29, 0.717) is 19.4 Å². The summed E-state index contributed by atoms with van der Waals surface area (Å²) in [5.74, 6) is -0.0477. The number of hydrogen-bond donors (Lipinski definition) is 3. The maximum atomic E-state index is 12.5. The van der Waals surface area contributed by atoms with Crippen LogP contribution in [0, 0.1) is 0 Å². The van der Waals surface area contributed by atoms with Gasteiger partial charge in [-0.15, -0.1) is 0 Å². The Balaban J connectivity index is 3.37. The number of ether oxygens (including phenoxy) is 1. The molecule has 0 heterocycles. The lowest BCUT2D eigenvalue weighted by Crippen LogP contribution is -2.45. The second-order valence-electron chi connectivity index (χ2n) is 24.2. The molecule has 0 bridgehead atoms. The van der Waals surface area contributed by atoms with Gasteiger partial charge in [-0.25, -0.2) is 0 Å². The Morgan fingerprint density at radius 1 is 0.359 bits per heavy atom. The number of esters is 1. The molecule has 460 valence electrons. The van der Waals surface area contributed by atoms with Crippen molar-refractivity contribution < 1.29 is 24.5 Å². The van der Waals surface area contributed by atoms with Crippen molar-refractivity contribution in [1.82, 2.24) is 5.32 Å². The van der Waals surface area contributed by atoms with Gasteiger partial charge in [0.15, 0.2) is 0 Å². The molecule has 0 aliphatic heterocycles. The number of amides is 1. The standard InChI is InChI=1S/C72H137NO5/c1-3-5-7-9-11-13-15-17-37-42-46-50-54-58-62-66-72(77)78-67-63-59-55-51-47-43-39-36-34-32-30-28-26-24-22-20-18-19-21-23-25-27-29-31-33-35-38-41-45-49-53-57-61-65-71(76)73-69(68-74)70(75)64-60-56-52-48-44-40-16-14-12-10-8-6-4-2/h22,24,28,30,60,64,69-70,74-75H,3-21,23,25-27,29,31-59,61-63,65-68H2,1-2H3,(H,73,76)/b24-22-,30-28-,64-60+. The normalized spacial score (nSPS) is 12.7. The molecule has 0 saturated carbocycles. The molecule has 0 aliphatic rings. The summed E-state index contributed by atoms with van der Waals surface area (Å²) >= 11 is 0. The van der Waals surface area contributed by atoms with Gasteiger partial charge < -0.3 is 20.3 Å². The van der Waals surface area contributed by atoms with Gasteiger partial charge in [-0.2, -0.15) is 0 Å². The molecule has 0 aromatic carbocycles. The van der Waals surface area contributed by atoms with Gasteiger partial charge in [0, 0.05) is 12.8 Å². The van der Waals surface area contributed by atoms with E-state index in [1.54, 1.807) is 6.08 Å². The highest BCUT2D eigenvalue weighted by molar-refractivity contribution is 5.76. The van der Waals surface area contributed by atoms with E-state index in [-0.39, 0.29) is 18.5 Å². The molecule has 0 aromatic heterocycles. The zero-order chi connectivity index (χ0) is 56.4. The van der Waals surface area contributed by atoms with Crippen LogP contribution in [0.25, 0.3) is 0 Å². The number of aliphatic hydroxyl groups excluding tert-OH is 2. The second-order valence-corrected chi connectivity index (χ2v) is 24.2. The van der Waals surface area contributed by atoms with Crippen LogP contribution in [0.1, 0.15) is 386 Å². The summed E-state index contributed by atoms with van der Waals surface area (Å²) in [7, 11) is 0. The van der Waals surface area contributed by atoms with Crippen LogP contribution in [0.2, 0.25) is 0 Å². The van der Waals surface area contributed by atoms with Crippen molar-refractivity contribution >= 4 is 11.9 Å². The van der Waals surface area contributed by atoms with Crippen LogP contribution in [0.15, 0.2) is 36.5 Å². The minimum Gasteiger partial charge on any atom is -0.466 e. The van der Waals surface area contributed by atoms with Crippen molar-refractivity contribution in [2.24, 2.45) is 0 Å². The van der Waals surface area contributed by atoms with Crippen LogP contribution in [0.5, 0.6) is 0 Å². The Hall–Kier alpha value is -1.92. The third-order valence-corrected chi connectivity index (χ3v) is 16.4. The number of rotatable bonds is 66. The zero-order valence-electron chi connectivity index (χ0n) is 52.7. The fourth-order valence-electron chi connectivity index (χ4n) is 11.0. The Bertz CT molecular complexity index is 1260. The molecule has 0 rings (SSSR count). The molecular weight excluding hydrogens is 959 g/mol. The van der Waals surface area contributed by atoms with Gasteiger partial charge in [0.2, 0.25) is 5.91 Å². The molecule has 0 fully saturated rings. The van der Waals surface area contributed by atoms with Crippen LogP contribution in [-0.2, 0) is 14.3 Å². The van der Waals surface area contributed by atoms with Crippen molar-refractivity contribution in [3.63, 3.8) is 0 Å². The van der Waals surface area contributed by atoms with E-state index < -0.39 is 12.1 Å². The van der Waals surface area contributed by atoms with Gasteiger partial charge in [-0.1, -0.05) is 346 Å². The first-order valence-electron chi connectivity index (χ1n) is 35.3. The number of carbonyl (C=O) groups excluding carboxylic acids is 2. The van der Waals surface area contributed by atoms with Crippen molar-refractivity contribution in [2.45, 2.75) is 398 Å². The summed E-state index contributed by atoms with van der Waals surface area (Å²) in [5, 5.41) is 23.1. The number of nitrogens with one attached hydrogen (secondary N) is 1. The topological polar surface area (TPSA) is 95.9 Å². The quantitative estimate of drug-likeness (QED) is 0.0320. The number of unbranched alkanes of at least 4 members (excludes halogenated alkanes) is 51. The van der Waals surface area contributed by atoms with Gasteiger partial charge in [0.25, 0.3) is 0 Å². The highest BCUT2D eigenvalue weighted by atomic mass is 16.5. The van der Waals surface area contributed by atoms with E-state index in [4.69, 9.17) is 4.74 Å². The van der Waals surface area contributed by atoms with Crippen LogP contribution in [-0.4, -0.2) is 47.4 Å². The molecule has 2 atom stereocenters. The first-order valence-corrected chi connectivity index (χ1v) is 35.3. The van der Waals surface area contributed by atoms with E-state index in [1.165, 1.54) is 315 Å². The summed E-state index contributed by atoms with van der Waals surface area (Å²) in [4.78, 5) is 24.5. The van der Waals surface area contributed by atoms with E-state index in [2.05, 4.69) is 43.5 Å². The Kier molecular flexibility index (Phi) is 65.9. The largest absolute Gasteiger partial charge is 0.466 e. The first kappa shape index (κ1) is 76.1. The molecule has 0 aliphatic carbocycles. The SMILES string of the molecule is CCCCCCCCCCCCC/C=C/C(O)C(CO)NC(=O)CCCCCCCCCCCCCCCCCCC/C=C\C/C=C\CCCCCCCCCCCOC(=O)CCCCCCCCCCCCCCCCC. The maximum Gasteiger partial charge on any atom is 0.305 e. The predicted molar refractivity (Wildman–Crippen MR) is 343 cm³/mol. The van der Waals surface area contributed by atoms with E-state index >= 15 is 0 Å². The second kappa shape index (κ2) is 67.6. The van der Waals surface area contributed by atoms with Gasteiger partial charge in [-0.05, 0) is 64.2 Å². The molecule has 0 spiro atoms. The van der Waals surface area contributed by atoms with E-state index in [1.807, 2.05) is 6.08 Å². The Morgan fingerprint density at radius 2 is 0.641 bits per heavy atom. The van der Waals surface area contributed by atoms with Gasteiger partial charge in [-0.3, -0.25) is 9.59 Å². The summed E-state index contributed by atoms with van der Waals surface area (Å²) in [5.41, 5.74) is 0. The zero-order valence-corrected chi connectivity index (χ0v) is 52.7. The minimum atomic E-state index is -0.842. The first-order chi connectivity index (χ1) is 38.5. The molecule has 6 heteroatoms. The van der Waals surface area contributed by atoms with Crippen molar-refractivity contribution in [3.05, 3.63) is 36.5 Å². The number of hydrogen-bond acceptors (Lipinski definition) is 5. The van der Waals surface area contributed by atoms with Crippen molar-refractivity contribution in [3.8, 4) is 0 Å². The van der Waals surface area contributed by atoms with Crippen LogP contribution >= 0.6 is 0 Å². The molecule has 0 radical (unpaired) electrons. The Labute approximate surface area is 487 Å². The smallest absolute Gasteiger partial charge is 0.305 e. The summed E-state index contributed by atoms with van der Waals surface area (Å²) < 4.78 is 5.49. The molecule has 0 saturated heterocycles. The molecule has 0 aromatic rings. The van der Waals surface area contributed by atoms with Crippen LogP contribution in [0.4, 0.5) is 0 Å². The lowest BCUT2D eigenvalue weighted by molar-refractivity contribution is -0.143. The number of allylic oxidation sites excluding steroid dienone is 5. The van der Waals surface area contributed by atoms with Gasteiger partial charge >= 0.3 is 5.97 Å². The van der Waals surface area contributed by atoms with Crippen molar-refractivity contribution in [2.75, 3.05) is 13.2 Å². The Morgan fingerprint density at radius 3 is 0.974 bits per heavy atom. The molecule has 3 N–H and O–H groups in total. The summed E-state index contributed by atoms with van der Waals surface area (Å²) in [6.07, 6.45) is 86.6. The maximum absolute atomic E-state index is 12.5. The molecule has 78 heavy (non-hydrogen) atoms. The summed E-state index contributed by atoms with van der Waals surface area (Å²) in [6, 6.07) is -0.626. The fraction of sp³-hybridized carbons (Fsp3) is 0.889. The molecule has 2 unspecified atom stereocenters. The highest BCUT2D eigenvalue weighted by Gasteiger charge is 2.18. The average Bonchev–Trinajstić information content (AvgIpc) is 3.44. The lowest BCUT2D eigenvalue weighted by atomic mass is 10.0. The monoisotopic (exact) mass is 1100 g/mol. The van der Waals surface area contributed by atoms with Crippen molar-refractivity contribution in [1.29, 1.82) is 0 Å². The van der Waals surface area contributed by atoms with E-state index in [9.17, 15) is 19.8 Å². The van der Waals surface area contributed by atoms with Crippen LogP contribution < -0.4 is 5.32 Å².